The summed E-state index contributed by atoms with van der Waals surface area (Å²) in [6, 6.07) is -0.366. The van der Waals surface area contributed by atoms with Gasteiger partial charge in [0, 0.05) is 7.05 Å². The summed E-state index contributed by atoms with van der Waals surface area (Å²) in [7, 11) is 1.59. The Morgan fingerprint density at radius 2 is 1.73 bits per heavy atom. The topological polar surface area (TPSA) is 55.1 Å². The third-order valence-corrected chi connectivity index (χ3v) is 1.27. The first-order chi connectivity index (χ1) is 5.09. The van der Waals surface area contributed by atoms with Gasteiger partial charge in [0.25, 0.3) is 0 Å². The van der Waals surface area contributed by atoms with Gasteiger partial charge in [0.15, 0.2) is 0 Å². The van der Waals surface area contributed by atoms with Gasteiger partial charge in [-0.05, 0) is 5.92 Å². The predicted molar refractivity (Wildman–Crippen MR) is 48.2 cm³/mol. The van der Waals surface area contributed by atoms with Crippen LogP contribution in [0.3, 0.4) is 0 Å². The molecule has 1 atom stereocenters. The number of carbonyl (C=O) groups is 1. The molecule has 3 N–H and O–H groups in total. The Morgan fingerprint density at radius 3 is 1.82 bits per heavy atom. The minimum Gasteiger partial charge on any atom is -0.358 e. The van der Waals surface area contributed by atoms with Crippen molar-refractivity contribution in [3.63, 3.8) is 0 Å². The number of hydrogen-bond acceptors (Lipinski definition) is 2. The fourth-order valence-corrected chi connectivity index (χ4v) is 0.469. The molecule has 0 aromatic carbocycles. The van der Waals surface area contributed by atoms with Crippen molar-refractivity contribution in [2.24, 2.45) is 11.7 Å². The van der Waals surface area contributed by atoms with E-state index in [0.29, 0.717) is 0 Å². The smallest absolute Gasteiger partial charge is 0.236 e. The summed E-state index contributed by atoms with van der Waals surface area (Å²) < 4.78 is 0. The molecule has 0 aliphatic heterocycles. The molecular weight excluding hydrogens is 140 g/mol. The quantitative estimate of drug-likeness (QED) is 0.626. The Bertz CT molecular complexity index is 102. The summed E-state index contributed by atoms with van der Waals surface area (Å²) >= 11 is 0. The molecule has 0 rings (SSSR count). The minimum atomic E-state index is -0.366. The Balaban J connectivity index is 0. The van der Waals surface area contributed by atoms with Gasteiger partial charge in [0.2, 0.25) is 5.91 Å². The highest BCUT2D eigenvalue weighted by Gasteiger charge is 2.14. The second-order valence-electron chi connectivity index (χ2n) is 2.38. The molecule has 0 aliphatic rings. The molecule has 0 aromatic heterocycles. The number of nitrogens with one attached hydrogen (secondary N) is 1. The van der Waals surface area contributed by atoms with E-state index in [2.05, 4.69) is 5.32 Å². The molecular formula is C8H20N2O. The molecule has 3 nitrogen and oxygen atoms in total. The van der Waals surface area contributed by atoms with Gasteiger partial charge >= 0.3 is 0 Å². The Morgan fingerprint density at radius 1 is 1.36 bits per heavy atom. The van der Waals surface area contributed by atoms with E-state index in [1.807, 2.05) is 27.7 Å². The van der Waals surface area contributed by atoms with Gasteiger partial charge in [-0.3, -0.25) is 4.79 Å². The summed E-state index contributed by atoms with van der Waals surface area (Å²) in [6.07, 6.45) is 0. The van der Waals surface area contributed by atoms with Crippen LogP contribution >= 0.6 is 0 Å². The van der Waals surface area contributed by atoms with Crippen LogP contribution in [0, 0.1) is 5.92 Å². The molecule has 68 valence electrons. The zero-order chi connectivity index (χ0) is 9.44. The monoisotopic (exact) mass is 160 g/mol. The van der Waals surface area contributed by atoms with Crippen LogP contribution in [0.2, 0.25) is 0 Å². The van der Waals surface area contributed by atoms with Crippen LogP contribution in [0.4, 0.5) is 0 Å². The molecule has 0 spiro atoms. The zero-order valence-corrected chi connectivity index (χ0v) is 8.14. The standard InChI is InChI=1S/C6H14N2O.C2H6/c1-4(2)5(7)6(9)8-3;1-2/h4-5H,7H2,1-3H3,(H,8,9);1-2H3/t5-;/m0./s1. The normalized spacial score (nSPS) is 11.5. The molecule has 0 saturated carbocycles. The highest BCUT2D eigenvalue weighted by Crippen LogP contribution is 1.96. The van der Waals surface area contributed by atoms with E-state index in [1.54, 1.807) is 7.05 Å². The van der Waals surface area contributed by atoms with Crippen LogP contribution in [-0.4, -0.2) is 19.0 Å². The largest absolute Gasteiger partial charge is 0.358 e. The van der Waals surface area contributed by atoms with E-state index in [9.17, 15) is 4.79 Å². The molecule has 0 fully saturated rings. The number of carbonyl (C=O) groups excluding carboxylic acids is 1. The van der Waals surface area contributed by atoms with Crippen LogP contribution in [0.5, 0.6) is 0 Å². The van der Waals surface area contributed by atoms with Crippen molar-refractivity contribution in [2.45, 2.75) is 33.7 Å². The lowest BCUT2D eigenvalue weighted by Gasteiger charge is -2.12. The van der Waals surface area contributed by atoms with E-state index >= 15 is 0 Å². The molecule has 0 radical (unpaired) electrons. The lowest BCUT2D eigenvalue weighted by atomic mass is 10.1. The van der Waals surface area contributed by atoms with E-state index in [4.69, 9.17) is 5.73 Å². The van der Waals surface area contributed by atoms with Gasteiger partial charge in [-0.25, -0.2) is 0 Å². The SMILES string of the molecule is CC.CNC(=O)[C@@H](N)C(C)C. The van der Waals surface area contributed by atoms with Crippen molar-refractivity contribution in [2.75, 3.05) is 7.05 Å². The van der Waals surface area contributed by atoms with Crippen molar-refractivity contribution in [3.8, 4) is 0 Å². The molecule has 3 heteroatoms. The van der Waals surface area contributed by atoms with E-state index in [1.165, 1.54) is 0 Å². The summed E-state index contributed by atoms with van der Waals surface area (Å²) in [6.45, 7) is 7.83. The van der Waals surface area contributed by atoms with Gasteiger partial charge < -0.3 is 11.1 Å². The van der Waals surface area contributed by atoms with Crippen LogP contribution in [0.1, 0.15) is 27.7 Å². The second-order valence-corrected chi connectivity index (χ2v) is 2.38. The number of nitrogens with two attached hydrogens (primary N) is 1. The molecule has 0 heterocycles. The highest BCUT2D eigenvalue weighted by molar-refractivity contribution is 5.81. The van der Waals surface area contributed by atoms with Crippen LogP contribution in [0.25, 0.3) is 0 Å². The lowest BCUT2D eigenvalue weighted by Crippen LogP contribution is -2.42. The number of amides is 1. The Kier molecular flexibility index (Phi) is 8.94. The second kappa shape index (κ2) is 7.54. The van der Waals surface area contributed by atoms with Crippen LogP contribution < -0.4 is 11.1 Å². The van der Waals surface area contributed by atoms with Gasteiger partial charge in [0.05, 0.1) is 6.04 Å². The maximum absolute atomic E-state index is 10.7. The van der Waals surface area contributed by atoms with Gasteiger partial charge in [-0.1, -0.05) is 27.7 Å². The van der Waals surface area contributed by atoms with Crippen molar-refractivity contribution in [3.05, 3.63) is 0 Å². The molecule has 0 aromatic rings. The van der Waals surface area contributed by atoms with Gasteiger partial charge in [-0.2, -0.15) is 0 Å². The summed E-state index contributed by atoms with van der Waals surface area (Å²) in [5, 5.41) is 2.48. The Labute approximate surface area is 69.4 Å². The maximum Gasteiger partial charge on any atom is 0.236 e. The van der Waals surface area contributed by atoms with Crippen molar-refractivity contribution in [1.82, 2.24) is 5.32 Å². The van der Waals surface area contributed by atoms with Crippen LogP contribution in [-0.2, 0) is 4.79 Å². The first-order valence-electron chi connectivity index (χ1n) is 4.06. The highest BCUT2D eigenvalue weighted by atomic mass is 16.2. The zero-order valence-electron chi connectivity index (χ0n) is 8.14. The summed E-state index contributed by atoms with van der Waals surface area (Å²) in [5.41, 5.74) is 5.46. The van der Waals surface area contributed by atoms with E-state index < -0.39 is 0 Å². The van der Waals surface area contributed by atoms with Crippen molar-refractivity contribution < 1.29 is 4.79 Å². The number of hydrogen-bond donors (Lipinski definition) is 2. The third kappa shape index (κ3) is 5.85. The average Bonchev–Trinajstić information content (AvgIpc) is 2.05. The third-order valence-electron chi connectivity index (χ3n) is 1.27. The number of rotatable bonds is 2. The maximum atomic E-state index is 10.7. The molecule has 0 unspecified atom stereocenters. The molecule has 1 amide bonds. The average molecular weight is 160 g/mol. The lowest BCUT2D eigenvalue weighted by molar-refractivity contribution is -0.122. The molecule has 0 saturated heterocycles. The Hall–Kier alpha value is -0.570. The van der Waals surface area contributed by atoms with Crippen molar-refractivity contribution >= 4 is 5.91 Å². The first kappa shape index (κ1) is 13.1. The minimum absolute atomic E-state index is 0.0926. The summed E-state index contributed by atoms with van der Waals surface area (Å²) in [4.78, 5) is 10.7. The fraction of sp³-hybridized carbons (Fsp3) is 0.875. The molecule has 0 bridgehead atoms. The van der Waals surface area contributed by atoms with E-state index in [-0.39, 0.29) is 17.9 Å². The fourth-order valence-electron chi connectivity index (χ4n) is 0.469. The van der Waals surface area contributed by atoms with Gasteiger partial charge in [-0.15, -0.1) is 0 Å². The predicted octanol–water partition coefficient (Wildman–Crippen LogP) is 0.742. The summed E-state index contributed by atoms with van der Waals surface area (Å²) in [5.74, 6) is 0.120. The number of likely N-dealkylation sites (N-methyl/N-ethyl adjacent to an activating group) is 1. The van der Waals surface area contributed by atoms with Crippen molar-refractivity contribution in [1.29, 1.82) is 0 Å². The van der Waals surface area contributed by atoms with E-state index in [0.717, 1.165) is 0 Å². The molecule has 11 heavy (non-hydrogen) atoms. The van der Waals surface area contributed by atoms with Crippen LogP contribution in [0.15, 0.2) is 0 Å². The first-order valence-corrected chi connectivity index (χ1v) is 4.06. The molecule has 0 aliphatic carbocycles. The van der Waals surface area contributed by atoms with Gasteiger partial charge in [0.1, 0.15) is 0 Å².